The van der Waals surface area contributed by atoms with Gasteiger partial charge in [-0.05, 0) is 53.7 Å². The summed E-state index contributed by atoms with van der Waals surface area (Å²) in [7, 11) is 0. The summed E-state index contributed by atoms with van der Waals surface area (Å²) in [5.41, 5.74) is 8.63. The number of nitrogens with two attached hydrogens (primary N) is 1. The average Bonchev–Trinajstić information content (AvgIpc) is 2.93. The molecule has 2 aromatic rings. The lowest BCUT2D eigenvalue weighted by Crippen LogP contribution is -2.42. The Kier molecular flexibility index (Phi) is 4.62. The van der Waals surface area contributed by atoms with E-state index in [0.29, 0.717) is 38.0 Å². The molecule has 1 saturated heterocycles. The summed E-state index contributed by atoms with van der Waals surface area (Å²) in [4.78, 5) is 30.9. The lowest BCUT2D eigenvalue weighted by atomic mass is 9.96. The molecule has 6 nitrogen and oxygen atoms in total. The van der Waals surface area contributed by atoms with Gasteiger partial charge in [0.1, 0.15) is 11.3 Å². The Morgan fingerprint density at radius 3 is 2.62 bits per heavy atom. The summed E-state index contributed by atoms with van der Waals surface area (Å²) in [5.74, 6) is -0.427. The van der Waals surface area contributed by atoms with E-state index in [-0.39, 0.29) is 17.7 Å². The number of hydrogen-bond acceptors (Lipinski definition) is 3. The number of rotatable bonds is 3. The number of aromatic nitrogens is 2. The molecule has 7 heteroatoms. The van der Waals surface area contributed by atoms with E-state index in [4.69, 9.17) is 5.73 Å². The SMILES string of the molecule is CCc1nc2c(C)cc(Br)cn2c1C(=O)N1CCC(C(N)=O)CC1. The summed E-state index contributed by atoms with van der Waals surface area (Å²) < 4.78 is 2.79. The quantitative estimate of drug-likeness (QED) is 0.869. The fraction of sp³-hybridized carbons (Fsp3) is 0.471. The Morgan fingerprint density at radius 2 is 2.04 bits per heavy atom. The number of primary amides is 1. The monoisotopic (exact) mass is 392 g/mol. The van der Waals surface area contributed by atoms with Gasteiger partial charge in [-0.3, -0.25) is 14.0 Å². The lowest BCUT2D eigenvalue weighted by molar-refractivity contribution is -0.123. The number of hydrogen-bond donors (Lipinski definition) is 1. The van der Waals surface area contributed by atoms with Crippen LogP contribution in [-0.2, 0) is 11.2 Å². The van der Waals surface area contributed by atoms with Crippen LogP contribution in [0, 0.1) is 12.8 Å². The fourth-order valence-electron chi connectivity index (χ4n) is 3.31. The highest BCUT2D eigenvalue weighted by molar-refractivity contribution is 9.10. The van der Waals surface area contributed by atoms with Crippen LogP contribution in [0.2, 0.25) is 0 Å². The van der Waals surface area contributed by atoms with Crippen LogP contribution in [0.1, 0.15) is 41.5 Å². The third kappa shape index (κ3) is 2.92. The molecule has 1 aliphatic heterocycles. The molecule has 0 atom stereocenters. The van der Waals surface area contributed by atoms with E-state index in [0.717, 1.165) is 21.4 Å². The van der Waals surface area contributed by atoms with Crippen molar-refractivity contribution in [3.8, 4) is 0 Å². The summed E-state index contributed by atoms with van der Waals surface area (Å²) in [5, 5.41) is 0. The van der Waals surface area contributed by atoms with Gasteiger partial charge in [-0.15, -0.1) is 0 Å². The maximum Gasteiger partial charge on any atom is 0.272 e. The van der Waals surface area contributed by atoms with Crippen LogP contribution in [0.4, 0.5) is 0 Å². The van der Waals surface area contributed by atoms with Crippen molar-refractivity contribution < 1.29 is 9.59 Å². The molecule has 3 heterocycles. The van der Waals surface area contributed by atoms with Crippen molar-refractivity contribution in [2.45, 2.75) is 33.1 Å². The number of piperidine rings is 1. The van der Waals surface area contributed by atoms with Gasteiger partial charge >= 0.3 is 0 Å². The molecule has 0 saturated carbocycles. The number of likely N-dealkylation sites (tertiary alicyclic amines) is 1. The largest absolute Gasteiger partial charge is 0.369 e. The van der Waals surface area contributed by atoms with Gasteiger partial charge in [0.05, 0.1) is 5.69 Å². The van der Waals surface area contributed by atoms with E-state index < -0.39 is 0 Å². The van der Waals surface area contributed by atoms with Gasteiger partial charge < -0.3 is 10.6 Å². The van der Waals surface area contributed by atoms with Crippen LogP contribution >= 0.6 is 15.9 Å². The second-order valence-electron chi connectivity index (χ2n) is 6.26. The van der Waals surface area contributed by atoms with E-state index in [1.54, 1.807) is 4.90 Å². The van der Waals surface area contributed by atoms with Crippen molar-refractivity contribution in [3.63, 3.8) is 0 Å². The first-order chi connectivity index (χ1) is 11.4. The first-order valence-corrected chi connectivity index (χ1v) is 8.97. The fourth-order valence-corrected chi connectivity index (χ4v) is 3.85. The summed E-state index contributed by atoms with van der Waals surface area (Å²) in [6, 6.07) is 1.99. The van der Waals surface area contributed by atoms with Crippen molar-refractivity contribution in [1.82, 2.24) is 14.3 Å². The van der Waals surface area contributed by atoms with Gasteiger partial charge in [-0.2, -0.15) is 0 Å². The number of imidazole rings is 1. The number of aryl methyl sites for hydroxylation is 2. The molecule has 0 spiro atoms. The zero-order valence-corrected chi connectivity index (χ0v) is 15.5. The van der Waals surface area contributed by atoms with Gasteiger partial charge in [0.25, 0.3) is 5.91 Å². The van der Waals surface area contributed by atoms with Crippen LogP contribution in [0.3, 0.4) is 0 Å². The average molecular weight is 393 g/mol. The summed E-state index contributed by atoms with van der Waals surface area (Å²) >= 11 is 3.49. The molecule has 2 amide bonds. The molecule has 0 unspecified atom stereocenters. The zero-order valence-electron chi connectivity index (χ0n) is 13.9. The van der Waals surface area contributed by atoms with Crippen LogP contribution in [0.15, 0.2) is 16.7 Å². The minimum Gasteiger partial charge on any atom is -0.369 e. The van der Waals surface area contributed by atoms with Crippen molar-refractivity contribution in [3.05, 3.63) is 33.7 Å². The molecule has 24 heavy (non-hydrogen) atoms. The van der Waals surface area contributed by atoms with Crippen LogP contribution in [0.25, 0.3) is 5.65 Å². The van der Waals surface area contributed by atoms with Gasteiger partial charge in [-0.25, -0.2) is 4.98 Å². The van der Waals surface area contributed by atoms with Crippen LogP contribution in [-0.4, -0.2) is 39.2 Å². The molecule has 128 valence electrons. The van der Waals surface area contributed by atoms with E-state index in [2.05, 4.69) is 20.9 Å². The normalized spacial score (nSPS) is 15.9. The number of amides is 2. The van der Waals surface area contributed by atoms with E-state index in [1.807, 2.05) is 30.5 Å². The Labute approximate surface area is 149 Å². The third-order valence-electron chi connectivity index (χ3n) is 4.66. The second kappa shape index (κ2) is 6.55. The molecule has 2 N–H and O–H groups in total. The number of carbonyl (C=O) groups excluding carboxylic acids is 2. The minimum atomic E-state index is -0.272. The lowest BCUT2D eigenvalue weighted by Gasteiger charge is -2.30. The van der Waals surface area contributed by atoms with E-state index in [1.165, 1.54) is 0 Å². The number of pyridine rings is 1. The molecule has 0 bridgehead atoms. The molecular formula is C17H21BrN4O2. The zero-order chi connectivity index (χ0) is 17.4. The molecule has 0 aliphatic carbocycles. The van der Waals surface area contributed by atoms with E-state index in [9.17, 15) is 9.59 Å². The van der Waals surface area contributed by atoms with Gasteiger partial charge in [0.2, 0.25) is 5.91 Å². The Hall–Kier alpha value is -1.89. The summed E-state index contributed by atoms with van der Waals surface area (Å²) in [6.45, 7) is 5.09. The standard InChI is InChI=1S/C17H21BrN4O2/c1-3-13-14(22-9-12(18)8-10(2)16(22)20-13)17(24)21-6-4-11(5-7-21)15(19)23/h8-9,11H,3-7H2,1-2H3,(H2,19,23). The Bertz CT molecular complexity index is 807. The molecule has 1 fully saturated rings. The molecule has 0 aromatic carbocycles. The topological polar surface area (TPSA) is 80.7 Å². The summed E-state index contributed by atoms with van der Waals surface area (Å²) in [6.07, 6.45) is 3.83. The highest BCUT2D eigenvalue weighted by Gasteiger charge is 2.29. The van der Waals surface area contributed by atoms with Gasteiger partial charge in [0, 0.05) is 29.7 Å². The highest BCUT2D eigenvalue weighted by Crippen LogP contribution is 2.24. The maximum absolute atomic E-state index is 13.1. The number of fused-ring (bicyclic) bond motifs is 1. The van der Waals surface area contributed by atoms with Crippen molar-refractivity contribution in [1.29, 1.82) is 0 Å². The third-order valence-corrected chi connectivity index (χ3v) is 5.10. The number of nitrogens with zero attached hydrogens (tertiary/aromatic N) is 3. The first-order valence-electron chi connectivity index (χ1n) is 8.18. The first kappa shape index (κ1) is 17.0. The van der Waals surface area contributed by atoms with Gasteiger partial charge in [0.15, 0.2) is 0 Å². The second-order valence-corrected chi connectivity index (χ2v) is 7.18. The molecule has 0 radical (unpaired) electrons. The van der Waals surface area contributed by atoms with Gasteiger partial charge in [-0.1, -0.05) is 6.92 Å². The number of carbonyl (C=O) groups is 2. The molecular weight excluding hydrogens is 372 g/mol. The van der Waals surface area contributed by atoms with Crippen molar-refractivity contribution >= 4 is 33.4 Å². The molecule has 1 aliphatic rings. The van der Waals surface area contributed by atoms with Crippen LogP contribution in [0.5, 0.6) is 0 Å². The molecule has 3 rings (SSSR count). The minimum absolute atomic E-state index is 0.0280. The Balaban J connectivity index is 1.97. The van der Waals surface area contributed by atoms with Crippen molar-refractivity contribution in [2.24, 2.45) is 11.7 Å². The van der Waals surface area contributed by atoms with Crippen molar-refractivity contribution in [2.75, 3.05) is 13.1 Å². The highest BCUT2D eigenvalue weighted by atomic mass is 79.9. The predicted molar refractivity (Wildman–Crippen MR) is 94.8 cm³/mol. The maximum atomic E-state index is 13.1. The smallest absolute Gasteiger partial charge is 0.272 e. The van der Waals surface area contributed by atoms with E-state index >= 15 is 0 Å². The molecule has 2 aromatic heterocycles. The Morgan fingerprint density at radius 1 is 1.38 bits per heavy atom. The number of halogens is 1. The predicted octanol–water partition coefficient (Wildman–Crippen LogP) is 2.31. The van der Waals surface area contributed by atoms with Crippen LogP contribution < -0.4 is 5.73 Å².